The van der Waals surface area contributed by atoms with E-state index in [-0.39, 0.29) is 4.90 Å². The van der Waals surface area contributed by atoms with Crippen molar-refractivity contribution in [2.24, 2.45) is 0 Å². The van der Waals surface area contributed by atoms with Crippen molar-refractivity contribution in [3.63, 3.8) is 0 Å². The maximum Gasteiger partial charge on any atom is 0.261 e. The molecule has 0 radical (unpaired) electrons. The van der Waals surface area contributed by atoms with Gasteiger partial charge in [0, 0.05) is 6.42 Å². The zero-order valence-corrected chi connectivity index (χ0v) is 14.4. The molecule has 21 heavy (non-hydrogen) atoms. The van der Waals surface area contributed by atoms with Gasteiger partial charge in [-0.25, -0.2) is 13.4 Å². The minimum absolute atomic E-state index is 0.206. The first-order chi connectivity index (χ1) is 9.95. The highest BCUT2D eigenvalue weighted by Gasteiger charge is 2.20. The largest absolute Gasteiger partial charge is 0.493 e. The van der Waals surface area contributed by atoms with Crippen LogP contribution in [0.15, 0.2) is 35.2 Å². The number of nitrogens with one attached hydrogen (secondary N) is 1. The van der Waals surface area contributed by atoms with Crippen LogP contribution in [0.25, 0.3) is 0 Å². The molecule has 3 rings (SSSR count). The van der Waals surface area contributed by atoms with Crippen LogP contribution in [0, 0.1) is 3.70 Å². The molecule has 0 aliphatic carbocycles. The van der Waals surface area contributed by atoms with Gasteiger partial charge in [0.1, 0.15) is 14.6 Å². The minimum atomic E-state index is -3.66. The van der Waals surface area contributed by atoms with E-state index in [0.29, 0.717) is 21.1 Å². The van der Waals surface area contributed by atoms with Gasteiger partial charge in [-0.05, 0) is 58.5 Å². The third kappa shape index (κ3) is 3.09. The summed E-state index contributed by atoms with van der Waals surface area (Å²) in [7, 11) is -3.66. The second-order valence-electron chi connectivity index (χ2n) is 4.45. The van der Waals surface area contributed by atoms with Gasteiger partial charge in [-0.15, -0.1) is 0 Å². The number of anilines is 1. The number of hydrogen-bond donors (Lipinski definition) is 1. The molecule has 0 fully saturated rings. The van der Waals surface area contributed by atoms with Gasteiger partial charge >= 0.3 is 0 Å². The van der Waals surface area contributed by atoms with E-state index in [9.17, 15) is 8.42 Å². The standard InChI is InChI=1S/C13H10ClIN2O3S/c14-12-4-2-10(13(15)16-12)17-21(18,19)9-1-3-11-8(7-9)5-6-20-11/h1-4,7,17H,5-6H2. The van der Waals surface area contributed by atoms with Crippen LogP contribution in [0.2, 0.25) is 5.15 Å². The number of benzene rings is 1. The Labute approximate surface area is 140 Å². The van der Waals surface area contributed by atoms with Crippen molar-refractivity contribution in [3.05, 3.63) is 44.7 Å². The Morgan fingerprint density at radius 2 is 2.10 bits per heavy atom. The van der Waals surface area contributed by atoms with E-state index in [2.05, 4.69) is 9.71 Å². The molecule has 0 saturated heterocycles. The molecule has 1 N–H and O–H groups in total. The number of aromatic nitrogens is 1. The molecule has 0 amide bonds. The Hall–Kier alpha value is -1.06. The molecular formula is C13H10ClIN2O3S. The van der Waals surface area contributed by atoms with E-state index in [4.69, 9.17) is 16.3 Å². The van der Waals surface area contributed by atoms with Crippen molar-refractivity contribution < 1.29 is 13.2 Å². The topological polar surface area (TPSA) is 68.3 Å². The SMILES string of the molecule is O=S(=O)(Nc1ccc(Cl)nc1I)c1ccc2c(c1)CCO2. The van der Waals surface area contributed by atoms with Gasteiger partial charge in [0.25, 0.3) is 10.0 Å². The fraction of sp³-hybridized carbons (Fsp3) is 0.154. The molecule has 110 valence electrons. The smallest absolute Gasteiger partial charge is 0.261 e. The maximum absolute atomic E-state index is 12.4. The number of sulfonamides is 1. The second-order valence-corrected chi connectivity index (χ2v) is 7.54. The van der Waals surface area contributed by atoms with Crippen molar-refractivity contribution in [3.8, 4) is 5.75 Å². The second kappa shape index (κ2) is 5.62. The maximum atomic E-state index is 12.4. The fourth-order valence-corrected chi connectivity index (χ4v) is 4.19. The van der Waals surface area contributed by atoms with Gasteiger partial charge in [-0.1, -0.05) is 11.6 Å². The molecule has 2 heterocycles. The molecule has 0 bridgehead atoms. The number of nitrogens with zero attached hydrogens (tertiary/aromatic N) is 1. The Bertz CT molecular complexity index is 811. The molecule has 5 nitrogen and oxygen atoms in total. The minimum Gasteiger partial charge on any atom is -0.493 e. The van der Waals surface area contributed by atoms with E-state index < -0.39 is 10.0 Å². The van der Waals surface area contributed by atoms with Crippen LogP contribution in [-0.2, 0) is 16.4 Å². The first-order valence-electron chi connectivity index (χ1n) is 6.06. The van der Waals surface area contributed by atoms with Crippen LogP contribution in [0.5, 0.6) is 5.75 Å². The summed E-state index contributed by atoms with van der Waals surface area (Å²) < 4.78 is 33.2. The number of rotatable bonds is 3. The first kappa shape index (κ1) is 14.9. The third-order valence-electron chi connectivity index (χ3n) is 3.03. The summed E-state index contributed by atoms with van der Waals surface area (Å²) in [5.41, 5.74) is 1.30. The molecule has 1 aromatic heterocycles. The highest BCUT2D eigenvalue weighted by Crippen LogP contribution is 2.29. The average molecular weight is 437 g/mol. The summed E-state index contributed by atoms with van der Waals surface area (Å²) in [4.78, 5) is 4.22. The molecule has 2 aromatic rings. The summed E-state index contributed by atoms with van der Waals surface area (Å²) >= 11 is 7.69. The van der Waals surface area contributed by atoms with Gasteiger partial charge in [0.05, 0.1) is 17.2 Å². The summed E-state index contributed by atoms with van der Waals surface area (Å²) in [6.07, 6.45) is 0.721. The quantitative estimate of drug-likeness (QED) is 0.593. The molecule has 0 atom stereocenters. The average Bonchev–Trinajstić information content (AvgIpc) is 2.89. The first-order valence-corrected chi connectivity index (χ1v) is 9.00. The lowest BCUT2D eigenvalue weighted by Crippen LogP contribution is -2.14. The molecule has 8 heteroatoms. The molecule has 1 aliphatic rings. The van der Waals surface area contributed by atoms with Crippen molar-refractivity contribution in [2.75, 3.05) is 11.3 Å². The monoisotopic (exact) mass is 436 g/mol. The van der Waals surface area contributed by atoms with Crippen LogP contribution < -0.4 is 9.46 Å². The molecule has 0 saturated carbocycles. The van der Waals surface area contributed by atoms with E-state index in [0.717, 1.165) is 17.7 Å². The van der Waals surface area contributed by atoms with Gasteiger partial charge in [-0.3, -0.25) is 4.72 Å². The number of fused-ring (bicyclic) bond motifs is 1. The van der Waals surface area contributed by atoms with Crippen LogP contribution in [0.1, 0.15) is 5.56 Å². The van der Waals surface area contributed by atoms with E-state index in [1.165, 1.54) is 12.1 Å². The molecule has 0 spiro atoms. The fourth-order valence-electron chi connectivity index (χ4n) is 2.02. The summed E-state index contributed by atoms with van der Waals surface area (Å²) in [5, 5.41) is 0.317. The highest BCUT2D eigenvalue weighted by molar-refractivity contribution is 14.1. The lowest BCUT2D eigenvalue weighted by Gasteiger charge is -2.10. The Morgan fingerprint density at radius 1 is 1.29 bits per heavy atom. The van der Waals surface area contributed by atoms with Crippen LogP contribution in [-0.4, -0.2) is 20.0 Å². The predicted molar refractivity (Wildman–Crippen MR) is 88.4 cm³/mol. The van der Waals surface area contributed by atoms with Crippen LogP contribution in [0.3, 0.4) is 0 Å². The Kier molecular flexibility index (Phi) is 3.98. The Balaban J connectivity index is 1.93. The summed E-state index contributed by atoms with van der Waals surface area (Å²) in [6, 6.07) is 7.98. The van der Waals surface area contributed by atoms with Gasteiger partial charge in [-0.2, -0.15) is 0 Å². The normalized spacial score (nSPS) is 13.6. The van der Waals surface area contributed by atoms with Crippen molar-refractivity contribution >= 4 is 49.9 Å². The van der Waals surface area contributed by atoms with Crippen molar-refractivity contribution in [1.82, 2.24) is 4.98 Å². The van der Waals surface area contributed by atoms with E-state index in [1.807, 2.05) is 22.6 Å². The van der Waals surface area contributed by atoms with Crippen LogP contribution in [0.4, 0.5) is 5.69 Å². The molecule has 1 aliphatic heterocycles. The summed E-state index contributed by atoms with van der Waals surface area (Å²) in [5.74, 6) is 0.747. The Morgan fingerprint density at radius 3 is 2.86 bits per heavy atom. The van der Waals surface area contributed by atoms with Gasteiger partial charge < -0.3 is 4.74 Å². The lowest BCUT2D eigenvalue weighted by atomic mass is 10.2. The predicted octanol–water partition coefficient (Wildman–Crippen LogP) is 3.08. The summed E-state index contributed by atoms with van der Waals surface area (Å²) in [6.45, 7) is 0.589. The van der Waals surface area contributed by atoms with Gasteiger partial charge in [0.2, 0.25) is 0 Å². The van der Waals surface area contributed by atoms with Crippen molar-refractivity contribution in [2.45, 2.75) is 11.3 Å². The number of halogens is 2. The van der Waals surface area contributed by atoms with E-state index >= 15 is 0 Å². The molecule has 1 aromatic carbocycles. The van der Waals surface area contributed by atoms with Gasteiger partial charge in [0.15, 0.2) is 0 Å². The zero-order valence-electron chi connectivity index (χ0n) is 10.6. The molecular weight excluding hydrogens is 427 g/mol. The lowest BCUT2D eigenvalue weighted by molar-refractivity contribution is 0.356. The highest BCUT2D eigenvalue weighted by atomic mass is 127. The number of pyridine rings is 1. The number of hydrogen-bond acceptors (Lipinski definition) is 4. The van der Waals surface area contributed by atoms with Crippen molar-refractivity contribution in [1.29, 1.82) is 0 Å². The third-order valence-corrected chi connectivity index (χ3v) is 5.43. The van der Waals surface area contributed by atoms with Crippen LogP contribution >= 0.6 is 34.2 Å². The van der Waals surface area contributed by atoms with E-state index in [1.54, 1.807) is 18.2 Å². The zero-order chi connectivity index (χ0) is 15.0. The molecule has 0 unspecified atom stereocenters. The number of ether oxygens (including phenoxy) is 1.